The van der Waals surface area contributed by atoms with Gasteiger partial charge in [-0.15, -0.1) is 0 Å². The minimum atomic E-state index is -0.385. The Morgan fingerprint density at radius 3 is 2.47 bits per heavy atom. The Kier molecular flexibility index (Phi) is 4.54. The molecular weight excluding hydrogens is 192 g/mol. The lowest BCUT2D eigenvalue weighted by molar-refractivity contribution is -0.153. The van der Waals surface area contributed by atoms with E-state index in [0.29, 0.717) is 6.61 Å². The number of carbonyl (C=O) groups excluding carboxylic acids is 1. The Morgan fingerprint density at radius 1 is 1.33 bits per heavy atom. The molecule has 1 fully saturated rings. The first-order valence-corrected chi connectivity index (χ1v) is 5.60. The van der Waals surface area contributed by atoms with E-state index in [0.717, 1.165) is 32.7 Å². The van der Waals surface area contributed by atoms with Gasteiger partial charge < -0.3 is 10.1 Å². The van der Waals surface area contributed by atoms with Crippen LogP contribution in [0.2, 0.25) is 0 Å². The smallest absolute Gasteiger partial charge is 0.311 e. The highest BCUT2D eigenvalue weighted by molar-refractivity contribution is 5.75. The summed E-state index contributed by atoms with van der Waals surface area (Å²) in [6, 6.07) is 0. The summed E-state index contributed by atoms with van der Waals surface area (Å²) in [6.45, 7) is 11.2. The standard InChI is InChI=1S/C11H22N2O2/c1-11(2,3)10(14)15-9-8-13-6-4-12-5-7-13/h12H,4-9H2,1-3H3. The van der Waals surface area contributed by atoms with Crippen molar-refractivity contribution in [2.75, 3.05) is 39.3 Å². The molecule has 1 rings (SSSR count). The van der Waals surface area contributed by atoms with Crippen LogP contribution in [0.25, 0.3) is 0 Å². The molecule has 0 amide bonds. The number of nitrogens with one attached hydrogen (secondary N) is 1. The lowest BCUT2D eigenvalue weighted by atomic mass is 9.97. The van der Waals surface area contributed by atoms with Gasteiger partial charge in [-0.25, -0.2) is 0 Å². The maximum absolute atomic E-state index is 11.5. The minimum absolute atomic E-state index is 0.113. The molecule has 1 aliphatic rings. The van der Waals surface area contributed by atoms with Gasteiger partial charge in [-0.2, -0.15) is 0 Å². The van der Waals surface area contributed by atoms with Crippen molar-refractivity contribution in [2.24, 2.45) is 5.41 Å². The summed E-state index contributed by atoms with van der Waals surface area (Å²) in [7, 11) is 0. The van der Waals surface area contributed by atoms with E-state index in [2.05, 4.69) is 10.2 Å². The lowest BCUT2D eigenvalue weighted by Gasteiger charge is -2.27. The summed E-state index contributed by atoms with van der Waals surface area (Å²) < 4.78 is 5.21. The molecule has 0 aromatic rings. The summed E-state index contributed by atoms with van der Waals surface area (Å²) in [5, 5.41) is 3.29. The van der Waals surface area contributed by atoms with Crippen LogP contribution >= 0.6 is 0 Å². The second-order valence-electron chi connectivity index (χ2n) is 4.98. The van der Waals surface area contributed by atoms with Crippen molar-refractivity contribution in [1.82, 2.24) is 10.2 Å². The molecule has 88 valence electrons. The molecule has 0 aliphatic carbocycles. The molecule has 1 saturated heterocycles. The molecular formula is C11H22N2O2. The second-order valence-corrected chi connectivity index (χ2v) is 4.98. The van der Waals surface area contributed by atoms with Crippen molar-refractivity contribution in [3.05, 3.63) is 0 Å². The molecule has 0 spiro atoms. The Bertz CT molecular complexity index is 205. The first-order chi connectivity index (χ1) is 7.00. The van der Waals surface area contributed by atoms with Gasteiger partial charge in [0.1, 0.15) is 6.61 Å². The van der Waals surface area contributed by atoms with Crippen molar-refractivity contribution in [3.63, 3.8) is 0 Å². The highest BCUT2D eigenvalue weighted by Gasteiger charge is 2.23. The lowest BCUT2D eigenvalue weighted by Crippen LogP contribution is -2.45. The molecule has 0 radical (unpaired) electrons. The number of rotatable bonds is 3. The third-order valence-corrected chi connectivity index (χ3v) is 2.46. The van der Waals surface area contributed by atoms with Gasteiger partial charge in [0.15, 0.2) is 0 Å². The van der Waals surface area contributed by atoms with Crippen molar-refractivity contribution >= 4 is 5.97 Å². The molecule has 1 heterocycles. The van der Waals surface area contributed by atoms with Crippen LogP contribution in [0.4, 0.5) is 0 Å². The molecule has 0 unspecified atom stereocenters. The van der Waals surface area contributed by atoms with Gasteiger partial charge in [0, 0.05) is 32.7 Å². The maximum Gasteiger partial charge on any atom is 0.311 e. The van der Waals surface area contributed by atoms with Crippen LogP contribution in [0.1, 0.15) is 20.8 Å². The molecule has 0 atom stereocenters. The average molecular weight is 214 g/mol. The Labute approximate surface area is 92.0 Å². The predicted octanol–water partition coefficient (Wildman–Crippen LogP) is 0.481. The Hall–Kier alpha value is -0.610. The molecule has 1 aliphatic heterocycles. The van der Waals surface area contributed by atoms with Gasteiger partial charge in [-0.1, -0.05) is 0 Å². The van der Waals surface area contributed by atoms with Crippen LogP contribution < -0.4 is 5.32 Å². The number of esters is 1. The van der Waals surface area contributed by atoms with Crippen molar-refractivity contribution in [1.29, 1.82) is 0 Å². The van der Waals surface area contributed by atoms with E-state index in [9.17, 15) is 4.79 Å². The van der Waals surface area contributed by atoms with Gasteiger partial charge >= 0.3 is 5.97 Å². The monoisotopic (exact) mass is 214 g/mol. The van der Waals surface area contributed by atoms with Gasteiger partial charge in [-0.3, -0.25) is 9.69 Å². The third-order valence-electron chi connectivity index (χ3n) is 2.46. The summed E-state index contributed by atoms with van der Waals surface area (Å²) in [5.74, 6) is -0.113. The quantitative estimate of drug-likeness (QED) is 0.694. The van der Waals surface area contributed by atoms with E-state index < -0.39 is 0 Å². The molecule has 0 saturated carbocycles. The van der Waals surface area contributed by atoms with Crippen LogP contribution in [0.5, 0.6) is 0 Å². The molecule has 4 heteroatoms. The Morgan fingerprint density at radius 2 is 1.93 bits per heavy atom. The summed E-state index contributed by atoms with van der Waals surface area (Å²) in [5.41, 5.74) is -0.385. The molecule has 0 bridgehead atoms. The largest absolute Gasteiger partial charge is 0.464 e. The zero-order valence-electron chi connectivity index (χ0n) is 10.0. The number of ether oxygens (including phenoxy) is 1. The number of piperazine rings is 1. The molecule has 1 N–H and O–H groups in total. The first-order valence-electron chi connectivity index (χ1n) is 5.60. The van der Waals surface area contributed by atoms with Crippen LogP contribution in [-0.2, 0) is 9.53 Å². The van der Waals surface area contributed by atoms with E-state index >= 15 is 0 Å². The molecule has 4 nitrogen and oxygen atoms in total. The average Bonchev–Trinajstić information content (AvgIpc) is 2.18. The van der Waals surface area contributed by atoms with E-state index in [4.69, 9.17) is 4.74 Å². The Balaban J connectivity index is 2.12. The summed E-state index contributed by atoms with van der Waals surface area (Å²) >= 11 is 0. The minimum Gasteiger partial charge on any atom is -0.464 e. The molecule has 0 aromatic heterocycles. The highest BCUT2D eigenvalue weighted by Crippen LogP contribution is 2.14. The number of hydrogen-bond acceptors (Lipinski definition) is 4. The number of carbonyl (C=O) groups is 1. The maximum atomic E-state index is 11.5. The summed E-state index contributed by atoms with van der Waals surface area (Å²) in [4.78, 5) is 13.8. The summed E-state index contributed by atoms with van der Waals surface area (Å²) in [6.07, 6.45) is 0. The van der Waals surface area contributed by atoms with E-state index in [1.807, 2.05) is 20.8 Å². The zero-order chi connectivity index (χ0) is 11.3. The van der Waals surface area contributed by atoms with Crippen LogP contribution in [0.3, 0.4) is 0 Å². The normalized spacial score (nSPS) is 18.9. The highest BCUT2D eigenvalue weighted by atomic mass is 16.5. The zero-order valence-corrected chi connectivity index (χ0v) is 10.0. The van der Waals surface area contributed by atoms with Gasteiger partial charge in [-0.05, 0) is 20.8 Å². The predicted molar refractivity (Wildman–Crippen MR) is 59.7 cm³/mol. The second kappa shape index (κ2) is 5.47. The van der Waals surface area contributed by atoms with Crippen molar-refractivity contribution in [3.8, 4) is 0 Å². The third kappa shape index (κ3) is 4.62. The topological polar surface area (TPSA) is 41.6 Å². The van der Waals surface area contributed by atoms with Crippen molar-refractivity contribution < 1.29 is 9.53 Å². The SMILES string of the molecule is CC(C)(C)C(=O)OCCN1CCNCC1. The van der Waals surface area contributed by atoms with Crippen molar-refractivity contribution in [2.45, 2.75) is 20.8 Å². The van der Waals surface area contributed by atoms with Gasteiger partial charge in [0.25, 0.3) is 0 Å². The van der Waals surface area contributed by atoms with E-state index in [1.54, 1.807) is 0 Å². The number of nitrogens with zero attached hydrogens (tertiary/aromatic N) is 1. The molecule has 15 heavy (non-hydrogen) atoms. The van der Waals surface area contributed by atoms with Gasteiger partial charge in [0.05, 0.1) is 5.41 Å². The van der Waals surface area contributed by atoms with Crippen LogP contribution in [0.15, 0.2) is 0 Å². The number of hydrogen-bond donors (Lipinski definition) is 1. The first kappa shape index (κ1) is 12.5. The van der Waals surface area contributed by atoms with Crippen LogP contribution in [-0.4, -0.2) is 50.2 Å². The van der Waals surface area contributed by atoms with E-state index in [-0.39, 0.29) is 11.4 Å². The van der Waals surface area contributed by atoms with Gasteiger partial charge in [0.2, 0.25) is 0 Å². The molecule has 0 aromatic carbocycles. The fraction of sp³-hybridized carbons (Fsp3) is 0.909. The fourth-order valence-electron chi connectivity index (χ4n) is 1.42. The van der Waals surface area contributed by atoms with Crippen LogP contribution in [0, 0.1) is 5.41 Å². The van der Waals surface area contributed by atoms with E-state index in [1.165, 1.54) is 0 Å². The fourth-order valence-corrected chi connectivity index (χ4v) is 1.42.